The Morgan fingerprint density at radius 2 is 1.80 bits per heavy atom. The molecule has 1 aromatic rings. The lowest BCUT2D eigenvalue weighted by atomic mass is 9.86. The largest absolute Gasteiger partial charge is 0.320 e. The van der Waals surface area contributed by atoms with E-state index < -0.39 is 0 Å². The quantitative estimate of drug-likeness (QED) is 0.785. The van der Waals surface area contributed by atoms with Gasteiger partial charge in [-0.3, -0.25) is 0 Å². The molecule has 0 saturated carbocycles. The normalized spacial score (nSPS) is 13.1. The van der Waals surface area contributed by atoms with Gasteiger partial charge in [-0.1, -0.05) is 26.0 Å². The SMILES string of the molecule is CNCCC(c1ccc(F)cc1)C(C)C. The smallest absolute Gasteiger partial charge is 0.123 e. The molecule has 1 rings (SSSR count). The third-order valence-corrected chi connectivity index (χ3v) is 2.81. The Morgan fingerprint density at radius 3 is 2.27 bits per heavy atom. The number of halogens is 1. The van der Waals surface area contributed by atoms with Crippen LogP contribution in [-0.4, -0.2) is 13.6 Å². The summed E-state index contributed by atoms with van der Waals surface area (Å²) in [6.07, 6.45) is 1.10. The van der Waals surface area contributed by atoms with E-state index in [9.17, 15) is 4.39 Å². The van der Waals surface area contributed by atoms with E-state index in [1.807, 2.05) is 19.2 Å². The van der Waals surface area contributed by atoms with Gasteiger partial charge in [-0.15, -0.1) is 0 Å². The molecule has 1 aromatic carbocycles. The van der Waals surface area contributed by atoms with E-state index in [0.717, 1.165) is 13.0 Å². The highest BCUT2D eigenvalue weighted by atomic mass is 19.1. The second-order valence-electron chi connectivity index (χ2n) is 4.29. The highest BCUT2D eigenvalue weighted by Crippen LogP contribution is 2.27. The van der Waals surface area contributed by atoms with Crippen LogP contribution in [0.15, 0.2) is 24.3 Å². The Bertz CT molecular complexity index is 279. The number of hydrogen-bond acceptors (Lipinski definition) is 1. The standard InChI is InChI=1S/C13H20FN/c1-10(2)13(8-9-15-3)11-4-6-12(14)7-5-11/h4-7,10,13,15H,8-9H2,1-3H3. The fourth-order valence-electron chi connectivity index (χ4n) is 1.89. The van der Waals surface area contributed by atoms with E-state index >= 15 is 0 Å². The van der Waals surface area contributed by atoms with Crippen LogP contribution < -0.4 is 5.32 Å². The maximum absolute atomic E-state index is 12.8. The van der Waals surface area contributed by atoms with Gasteiger partial charge in [0.2, 0.25) is 0 Å². The van der Waals surface area contributed by atoms with Crippen molar-refractivity contribution in [1.29, 1.82) is 0 Å². The van der Waals surface area contributed by atoms with Crippen molar-refractivity contribution in [3.63, 3.8) is 0 Å². The summed E-state index contributed by atoms with van der Waals surface area (Å²) in [7, 11) is 1.96. The summed E-state index contributed by atoms with van der Waals surface area (Å²) in [6, 6.07) is 6.89. The number of benzene rings is 1. The topological polar surface area (TPSA) is 12.0 Å². The van der Waals surface area contributed by atoms with Gasteiger partial charge in [0.15, 0.2) is 0 Å². The van der Waals surface area contributed by atoms with Crippen LogP contribution in [0.1, 0.15) is 31.7 Å². The molecule has 0 aliphatic rings. The zero-order valence-electron chi connectivity index (χ0n) is 9.76. The minimum atomic E-state index is -0.158. The molecule has 0 aliphatic carbocycles. The van der Waals surface area contributed by atoms with E-state index in [4.69, 9.17) is 0 Å². The molecule has 1 nitrogen and oxygen atoms in total. The predicted molar refractivity (Wildman–Crippen MR) is 62.5 cm³/mol. The van der Waals surface area contributed by atoms with Gasteiger partial charge in [0.25, 0.3) is 0 Å². The maximum atomic E-state index is 12.8. The van der Waals surface area contributed by atoms with Crippen LogP contribution in [0.3, 0.4) is 0 Å². The van der Waals surface area contributed by atoms with Crippen molar-refractivity contribution in [1.82, 2.24) is 5.32 Å². The fraction of sp³-hybridized carbons (Fsp3) is 0.538. The molecule has 0 radical (unpaired) electrons. The first-order chi connectivity index (χ1) is 7.15. The second-order valence-corrected chi connectivity index (χ2v) is 4.29. The van der Waals surface area contributed by atoms with Crippen molar-refractivity contribution in [3.05, 3.63) is 35.6 Å². The van der Waals surface area contributed by atoms with Crippen LogP contribution >= 0.6 is 0 Å². The van der Waals surface area contributed by atoms with Gasteiger partial charge in [-0.2, -0.15) is 0 Å². The molecule has 0 heterocycles. The highest BCUT2D eigenvalue weighted by molar-refractivity contribution is 5.21. The van der Waals surface area contributed by atoms with E-state index in [1.54, 1.807) is 12.1 Å². The lowest BCUT2D eigenvalue weighted by Gasteiger charge is -2.21. The van der Waals surface area contributed by atoms with Crippen molar-refractivity contribution in [3.8, 4) is 0 Å². The molecule has 0 aliphatic heterocycles. The van der Waals surface area contributed by atoms with Crippen LogP contribution in [-0.2, 0) is 0 Å². The summed E-state index contributed by atoms with van der Waals surface area (Å²) in [4.78, 5) is 0. The minimum absolute atomic E-state index is 0.158. The predicted octanol–water partition coefficient (Wildman–Crippen LogP) is 3.17. The van der Waals surface area contributed by atoms with Gasteiger partial charge >= 0.3 is 0 Å². The Morgan fingerprint density at radius 1 is 1.20 bits per heavy atom. The van der Waals surface area contributed by atoms with Gasteiger partial charge in [-0.05, 0) is 49.5 Å². The Kier molecular flexibility index (Phi) is 4.76. The Hall–Kier alpha value is -0.890. The van der Waals surface area contributed by atoms with Gasteiger partial charge in [0.05, 0.1) is 0 Å². The van der Waals surface area contributed by atoms with Gasteiger partial charge in [0.1, 0.15) is 5.82 Å². The molecule has 0 bridgehead atoms. The fourth-order valence-corrected chi connectivity index (χ4v) is 1.89. The Labute approximate surface area is 91.7 Å². The molecule has 0 fully saturated rings. The van der Waals surface area contributed by atoms with Crippen molar-refractivity contribution in [2.24, 2.45) is 5.92 Å². The summed E-state index contributed by atoms with van der Waals surface area (Å²) in [6.45, 7) is 5.42. The first-order valence-corrected chi connectivity index (χ1v) is 5.55. The van der Waals surface area contributed by atoms with Crippen molar-refractivity contribution >= 4 is 0 Å². The lowest BCUT2D eigenvalue weighted by Crippen LogP contribution is -2.15. The molecule has 0 aromatic heterocycles. The molecular formula is C13H20FN. The molecule has 1 N–H and O–H groups in total. The van der Waals surface area contributed by atoms with E-state index in [0.29, 0.717) is 11.8 Å². The third kappa shape index (κ3) is 3.63. The molecular weight excluding hydrogens is 189 g/mol. The number of hydrogen-bond donors (Lipinski definition) is 1. The zero-order chi connectivity index (χ0) is 11.3. The van der Waals surface area contributed by atoms with Crippen LogP contribution in [0.25, 0.3) is 0 Å². The van der Waals surface area contributed by atoms with Crippen LogP contribution in [0.2, 0.25) is 0 Å². The van der Waals surface area contributed by atoms with Crippen molar-refractivity contribution < 1.29 is 4.39 Å². The summed E-state index contributed by atoms with van der Waals surface area (Å²) in [5, 5.41) is 3.16. The second kappa shape index (κ2) is 5.86. The zero-order valence-corrected chi connectivity index (χ0v) is 9.76. The summed E-state index contributed by atoms with van der Waals surface area (Å²) < 4.78 is 12.8. The number of nitrogens with one attached hydrogen (secondary N) is 1. The average molecular weight is 209 g/mol. The van der Waals surface area contributed by atoms with E-state index in [-0.39, 0.29) is 5.82 Å². The van der Waals surface area contributed by atoms with Crippen molar-refractivity contribution in [2.75, 3.05) is 13.6 Å². The summed E-state index contributed by atoms with van der Waals surface area (Å²) >= 11 is 0. The van der Waals surface area contributed by atoms with Gasteiger partial charge < -0.3 is 5.32 Å². The average Bonchev–Trinajstić information content (AvgIpc) is 2.21. The van der Waals surface area contributed by atoms with Gasteiger partial charge in [-0.25, -0.2) is 4.39 Å². The van der Waals surface area contributed by atoms with Crippen molar-refractivity contribution in [2.45, 2.75) is 26.2 Å². The van der Waals surface area contributed by atoms with E-state index in [1.165, 1.54) is 5.56 Å². The van der Waals surface area contributed by atoms with Crippen LogP contribution in [0, 0.1) is 11.7 Å². The molecule has 2 heteroatoms. The van der Waals surface area contributed by atoms with Crippen LogP contribution in [0.5, 0.6) is 0 Å². The maximum Gasteiger partial charge on any atom is 0.123 e. The molecule has 1 unspecified atom stereocenters. The molecule has 0 saturated heterocycles. The van der Waals surface area contributed by atoms with Gasteiger partial charge in [0, 0.05) is 0 Å². The molecule has 0 amide bonds. The number of rotatable bonds is 5. The third-order valence-electron chi connectivity index (χ3n) is 2.81. The first-order valence-electron chi connectivity index (χ1n) is 5.55. The first kappa shape index (κ1) is 12.2. The summed E-state index contributed by atoms with van der Waals surface area (Å²) in [5.41, 5.74) is 1.24. The lowest BCUT2D eigenvalue weighted by molar-refractivity contribution is 0.460. The van der Waals surface area contributed by atoms with Crippen LogP contribution in [0.4, 0.5) is 4.39 Å². The minimum Gasteiger partial charge on any atom is -0.320 e. The molecule has 84 valence electrons. The Balaban J connectivity index is 2.74. The molecule has 15 heavy (non-hydrogen) atoms. The molecule has 1 atom stereocenters. The molecule has 0 spiro atoms. The van der Waals surface area contributed by atoms with E-state index in [2.05, 4.69) is 19.2 Å². The highest BCUT2D eigenvalue weighted by Gasteiger charge is 2.14. The summed E-state index contributed by atoms with van der Waals surface area (Å²) in [5.74, 6) is 0.941. The monoisotopic (exact) mass is 209 g/mol.